The van der Waals surface area contributed by atoms with E-state index in [2.05, 4.69) is 4.98 Å². The Hall–Kier alpha value is -3.69. The molecule has 0 bridgehead atoms. The molecular weight excluding hydrogens is 369 g/mol. The first kappa shape index (κ1) is 17.7. The van der Waals surface area contributed by atoms with E-state index in [1.807, 2.05) is 0 Å². The average Bonchev–Trinajstić information content (AvgIpc) is 3.08. The van der Waals surface area contributed by atoms with E-state index >= 15 is 0 Å². The first-order valence-corrected chi connectivity index (χ1v) is 8.37. The maximum atomic E-state index is 13.2. The molecule has 0 radical (unpaired) electrons. The number of nitrogens with zero attached hydrogens (tertiary/aromatic N) is 5. The highest BCUT2D eigenvalue weighted by Crippen LogP contribution is 2.21. The van der Waals surface area contributed by atoms with Crippen LogP contribution in [-0.4, -0.2) is 28.2 Å². The molecule has 3 heterocycles. The SMILES string of the molecule is Cc1c(O)n2c3c(=O)n(C)c(=O)n(C)c3nc2n(Cc2ccc(F)cc2)c1=O. The van der Waals surface area contributed by atoms with Crippen LogP contribution in [0.15, 0.2) is 38.6 Å². The van der Waals surface area contributed by atoms with Gasteiger partial charge in [0.1, 0.15) is 5.82 Å². The molecular formula is C18H16FN5O4. The van der Waals surface area contributed by atoms with E-state index in [9.17, 15) is 23.9 Å². The van der Waals surface area contributed by atoms with Gasteiger partial charge in [0, 0.05) is 14.1 Å². The molecule has 0 saturated heterocycles. The molecule has 0 atom stereocenters. The predicted molar refractivity (Wildman–Crippen MR) is 99.3 cm³/mol. The van der Waals surface area contributed by atoms with E-state index in [1.165, 1.54) is 54.4 Å². The summed E-state index contributed by atoms with van der Waals surface area (Å²) in [5.74, 6) is -0.826. The van der Waals surface area contributed by atoms with Crippen molar-refractivity contribution in [2.45, 2.75) is 13.5 Å². The fraction of sp³-hybridized carbons (Fsp3) is 0.222. The first-order chi connectivity index (χ1) is 13.2. The van der Waals surface area contributed by atoms with Gasteiger partial charge < -0.3 is 5.11 Å². The van der Waals surface area contributed by atoms with E-state index in [0.29, 0.717) is 5.56 Å². The van der Waals surface area contributed by atoms with Crippen LogP contribution in [0.2, 0.25) is 0 Å². The molecule has 28 heavy (non-hydrogen) atoms. The number of aryl methyl sites for hydroxylation is 1. The molecule has 0 unspecified atom stereocenters. The first-order valence-electron chi connectivity index (χ1n) is 8.37. The minimum atomic E-state index is -0.646. The zero-order valence-electron chi connectivity index (χ0n) is 15.3. The second-order valence-corrected chi connectivity index (χ2v) is 6.59. The number of halogens is 1. The number of hydrogen-bond donors (Lipinski definition) is 1. The fourth-order valence-corrected chi connectivity index (χ4v) is 3.24. The zero-order valence-corrected chi connectivity index (χ0v) is 15.3. The molecule has 144 valence electrons. The largest absolute Gasteiger partial charge is 0.494 e. The molecule has 10 heteroatoms. The van der Waals surface area contributed by atoms with Crippen molar-refractivity contribution in [1.29, 1.82) is 0 Å². The molecule has 0 spiro atoms. The minimum Gasteiger partial charge on any atom is -0.494 e. The second-order valence-electron chi connectivity index (χ2n) is 6.59. The average molecular weight is 385 g/mol. The van der Waals surface area contributed by atoms with Gasteiger partial charge in [-0.25, -0.2) is 13.6 Å². The Balaban J connectivity index is 2.17. The molecule has 0 aliphatic carbocycles. The maximum Gasteiger partial charge on any atom is 0.332 e. The third-order valence-electron chi connectivity index (χ3n) is 4.85. The fourth-order valence-electron chi connectivity index (χ4n) is 3.24. The van der Waals surface area contributed by atoms with Crippen molar-refractivity contribution in [3.05, 3.63) is 72.4 Å². The smallest absolute Gasteiger partial charge is 0.332 e. The van der Waals surface area contributed by atoms with Crippen LogP contribution in [0, 0.1) is 12.7 Å². The lowest BCUT2D eigenvalue weighted by molar-refractivity contribution is 0.437. The number of hydrogen-bond acceptors (Lipinski definition) is 5. The summed E-state index contributed by atoms with van der Waals surface area (Å²) in [7, 11) is 2.77. The van der Waals surface area contributed by atoms with Crippen molar-refractivity contribution in [2.24, 2.45) is 14.1 Å². The van der Waals surface area contributed by atoms with Crippen LogP contribution in [0.25, 0.3) is 16.9 Å². The third kappa shape index (κ3) is 2.30. The summed E-state index contributed by atoms with van der Waals surface area (Å²) in [5, 5.41) is 10.6. The molecule has 4 rings (SSSR count). The lowest BCUT2D eigenvalue weighted by Crippen LogP contribution is -2.37. The van der Waals surface area contributed by atoms with Crippen LogP contribution in [0.4, 0.5) is 4.39 Å². The minimum absolute atomic E-state index is 0.00530. The number of fused-ring (bicyclic) bond motifs is 3. The molecule has 4 aromatic rings. The number of aromatic hydroxyl groups is 1. The maximum absolute atomic E-state index is 13.2. The Morgan fingerprint density at radius 2 is 1.68 bits per heavy atom. The van der Waals surface area contributed by atoms with E-state index in [1.54, 1.807) is 0 Å². The molecule has 0 saturated carbocycles. The number of benzene rings is 1. The Bertz CT molecular complexity index is 1440. The summed E-state index contributed by atoms with van der Waals surface area (Å²) < 4.78 is 17.7. The molecule has 0 fully saturated rings. The highest BCUT2D eigenvalue weighted by molar-refractivity contribution is 5.76. The van der Waals surface area contributed by atoms with Crippen LogP contribution >= 0.6 is 0 Å². The molecule has 0 aliphatic heterocycles. The number of rotatable bonds is 2. The Labute approximate surface area is 156 Å². The van der Waals surface area contributed by atoms with Gasteiger partial charge in [0.25, 0.3) is 11.1 Å². The van der Waals surface area contributed by atoms with Gasteiger partial charge in [-0.3, -0.25) is 23.3 Å². The van der Waals surface area contributed by atoms with Crippen molar-refractivity contribution in [1.82, 2.24) is 23.1 Å². The van der Waals surface area contributed by atoms with Crippen molar-refractivity contribution >= 4 is 16.9 Å². The van der Waals surface area contributed by atoms with Gasteiger partial charge >= 0.3 is 5.69 Å². The Morgan fingerprint density at radius 1 is 1.04 bits per heavy atom. The molecule has 9 nitrogen and oxygen atoms in total. The van der Waals surface area contributed by atoms with Crippen LogP contribution in [0.1, 0.15) is 11.1 Å². The quantitative estimate of drug-likeness (QED) is 0.533. The van der Waals surface area contributed by atoms with Crippen LogP contribution in [0.5, 0.6) is 5.88 Å². The van der Waals surface area contributed by atoms with E-state index < -0.39 is 28.5 Å². The lowest BCUT2D eigenvalue weighted by Gasteiger charge is -2.11. The van der Waals surface area contributed by atoms with E-state index in [4.69, 9.17) is 0 Å². The second kappa shape index (κ2) is 5.91. The molecule has 1 N–H and O–H groups in total. The summed E-state index contributed by atoms with van der Waals surface area (Å²) in [6, 6.07) is 5.59. The predicted octanol–water partition coefficient (Wildman–Crippen LogP) is 0.248. The van der Waals surface area contributed by atoms with Crippen LogP contribution in [-0.2, 0) is 20.6 Å². The Kier molecular flexibility index (Phi) is 3.74. The van der Waals surface area contributed by atoms with Crippen molar-refractivity contribution in [2.75, 3.05) is 0 Å². The van der Waals surface area contributed by atoms with Gasteiger partial charge in [-0.05, 0) is 24.6 Å². The number of aromatic nitrogens is 5. The van der Waals surface area contributed by atoms with Gasteiger partial charge in [-0.2, -0.15) is 4.98 Å². The monoisotopic (exact) mass is 385 g/mol. The summed E-state index contributed by atoms with van der Waals surface area (Å²) in [6.07, 6.45) is 0. The van der Waals surface area contributed by atoms with Crippen molar-refractivity contribution in [3.63, 3.8) is 0 Å². The summed E-state index contributed by atoms with van der Waals surface area (Å²) in [6.45, 7) is 1.47. The molecule has 3 aromatic heterocycles. The Morgan fingerprint density at radius 3 is 2.32 bits per heavy atom. The molecule has 0 amide bonds. The van der Waals surface area contributed by atoms with E-state index in [-0.39, 0.29) is 29.0 Å². The van der Waals surface area contributed by atoms with Gasteiger partial charge in [0.15, 0.2) is 11.2 Å². The molecule has 0 aliphatic rings. The third-order valence-corrected chi connectivity index (χ3v) is 4.85. The highest BCUT2D eigenvalue weighted by Gasteiger charge is 2.22. The van der Waals surface area contributed by atoms with Crippen LogP contribution < -0.4 is 16.8 Å². The lowest BCUT2D eigenvalue weighted by atomic mass is 10.2. The highest BCUT2D eigenvalue weighted by atomic mass is 19.1. The van der Waals surface area contributed by atoms with Gasteiger partial charge in [0.2, 0.25) is 11.7 Å². The van der Waals surface area contributed by atoms with Crippen molar-refractivity contribution in [3.8, 4) is 5.88 Å². The summed E-state index contributed by atoms with van der Waals surface area (Å²) in [4.78, 5) is 42.0. The summed E-state index contributed by atoms with van der Waals surface area (Å²) in [5.41, 5.74) is -1.06. The zero-order chi connectivity index (χ0) is 20.3. The van der Waals surface area contributed by atoms with Gasteiger partial charge in [0.05, 0.1) is 12.1 Å². The van der Waals surface area contributed by atoms with Crippen molar-refractivity contribution < 1.29 is 9.50 Å². The normalized spacial score (nSPS) is 11.6. The topological polar surface area (TPSA) is 104 Å². The number of imidazole rings is 1. The standard InChI is InChI=1S/C18H16FN5O4/c1-9-14(25)23(8-10-4-6-11(19)7-5-10)17-20-13-12(24(17)15(9)26)16(27)22(3)18(28)21(13)2/h4-7,26H,8H2,1-3H3. The molecule has 1 aromatic carbocycles. The van der Waals surface area contributed by atoms with Gasteiger partial charge in [-0.15, -0.1) is 0 Å². The summed E-state index contributed by atoms with van der Waals surface area (Å²) >= 11 is 0. The van der Waals surface area contributed by atoms with E-state index in [0.717, 1.165) is 8.97 Å². The van der Waals surface area contributed by atoms with Crippen LogP contribution in [0.3, 0.4) is 0 Å². The van der Waals surface area contributed by atoms with Gasteiger partial charge in [-0.1, -0.05) is 12.1 Å².